The fourth-order valence-corrected chi connectivity index (χ4v) is 4.75. The molecule has 4 N–H and O–H groups in total. The second-order valence-corrected chi connectivity index (χ2v) is 11.1. The Morgan fingerprint density at radius 3 is 2.54 bits per heavy atom. The number of nitrogens with zero attached hydrogens (tertiary/aromatic N) is 3. The third kappa shape index (κ3) is 7.41. The van der Waals surface area contributed by atoms with Crippen molar-refractivity contribution in [1.82, 2.24) is 15.0 Å². The molecule has 0 aliphatic heterocycles. The minimum absolute atomic E-state index is 0.235. The normalized spacial score (nSPS) is 18.9. The van der Waals surface area contributed by atoms with Gasteiger partial charge in [0.05, 0.1) is 25.6 Å². The van der Waals surface area contributed by atoms with Crippen LogP contribution in [0, 0.1) is 12.8 Å². The summed E-state index contributed by atoms with van der Waals surface area (Å²) in [6, 6.07) is 4.38. The van der Waals surface area contributed by atoms with Crippen LogP contribution in [0.5, 0.6) is 0 Å². The molecule has 1 fully saturated rings. The SMILES string of the molecule is CC(C)(O)O.CCc1cc2cc(-c3c(C)nc(P(C)OC)nc3NC3CCC(CO)C3)oc2cn1. The fraction of sp³-hybridized carbons (Fsp3) is 0.560. The van der Waals surface area contributed by atoms with Crippen LogP contribution in [0.4, 0.5) is 5.82 Å². The Labute approximate surface area is 207 Å². The minimum atomic E-state index is -1.50. The van der Waals surface area contributed by atoms with Crippen molar-refractivity contribution in [3.8, 4) is 11.3 Å². The summed E-state index contributed by atoms with van der Waals surface area (Å²) >= 11 is 0. The highest BCUT2D eigenvalue weighted by atomic mass is 31.1. The standard InChI is InChI=1S/C22H29N4O3P.C3H8O2/c1-5-16-9-15-10-18(29-19(15)11-23-16)20-13(2)24-22(30(4)28-3)26-21(20)25-17-7-6-14(8-17)12-27;1-3(2,4)5/h9-11,14,17,27H,5-8,12H2,1-4H3,(H,24,25,26);4-5H,1-2H3. The zero-order valence-electron chi connectivity index (χ0n) is 21.4. The van der Waals surface area contributed by atoms with Crippen molar-refractivity contribution >= 4 is 30.5 Å². The molecular weight excluding hydrogens is 467 g/mol. The van der Waals surface area contributed by atoms with Gasteiger partial charge in [0.1, 0.15) is 11.6 Å². The smallest absolute Gasteiger partial charge is 0.180 e. The van der Waals surface area contributed by atoms with E-state index in [9.17, 15) is 5.11 Å². The molecule has 35 heavy (non-hydrogen) atoms. The Kier molecular flexibility index (Phi) is 9.18. The predicted molar refractivity (Wildman–Crippen MR) is 139 cm³/mol. The third-order valence-electron chi connectivity index (χ3n) is 5.84. The molecule has 3 aromatic heterocycles. The summed E-state index contributed by atoms with van der Waals surface area (Å²) < 4.78 is 11.7. The van der Waals surface area contributed by atoms with Crippen molar-refractivity contribution < 1.29 is 24.3 Å². The van der Waals surface area contributed by atoms with Gasteiger partial charge in [-0.3, -0.25) is 4.98 Å². The minimum Gasteiger partial charge on any atom is -0.454 e. The molecule has 0 aromatic carbocycles. The van der Waals surface area contributed by atoms with Gasteiger partial charge < -0.3 is 29.6 Å². The van der Waals surface area contributed by atoms with E-state index >= 15 is 0 Å². The van der Waals surface area contributed by atoms with E-state index in [4.69, 9.17) is 29.1 Å². The van der Waals surface area contributed by atoms with Crippen LogP contribution < -0.4 is 10.9 Å². The summed E-state index contributed by atoms with van der Waals surface area (Å²) in [4.78, 5) is 14.0. The van der Waals surface area contributed by atoms with E-state index in [1.165, 1.54) is 13.8 Å². The van der Waals surface area contributed by atoms with Crippen LogP contribution in [0.25, 0.3) is 22.3 Å². The van der Waals surface area contributed by atoms with Gasteiger partial charge in [-0.25, -0.2) is 9.97 Å². The molecule has 10 heteroatoms. The van der Waals surface area contributed by atoms with E-state index < -0.39 is 13.9 Å². The maximum atomic E-state index is 9.51. The van der Waals surface area contributed by atoms with Gasteiger partial charge in [0.25, 0.3) is 0 Å². The van der Waals surface area contributed by atoms with Gasteiger partial charge >= 0.3 is 0 Å². The zero-order chi connectivity index (χ0) is 25.8. The quantitative estimate of drug-likeness (QED) is 0.280. The number of furan rings is 1. The van der Waals surface area contributed by atoms with Crippen molar-refractivity contribution in [3.05, 3.63) is 29.7 Å². The summed E-state index contributed by atoms with van der Waals surface area (Å²) in [6.45, 7) is 8.91. The molecule has 0 radical (unpaired) electrons. The Morgan fingerprint density at radius 2 is 1.94 bits per heavy atom. The number of rotatable bonds is 7. The van der Waals surface area contributed by atoms with Crippen LogP contribution in [0.1, 0.15) is 51.4 Å². The number of pyridine rings is 1. The van der Waals surface area contributed by atoms with E-state index in [0.717, 1.165) is 65.2 Å². The van der Waals surface area contributed by atoms with Gasteiger partial charge in [0.2, 0.25) is 0 Å². The zero-order valence-corrected chi connectivity index (χ0v) is 22.3. The fourth-order valence-electron chi connectivity index (χ4n) is 4.05. The molecule has 0 saturated heterocycles. The summed E-state index contributed by atoms with van der Waals surface area (Å²) in [6.07, 6.45) is 5.63. The van der Waals surface area contributed by atoms with Crippen molar-refractivity contribution in [2.75, 3.05) is 25.7 Å². The molecule has 3 aromatic rings. The predicted octanol–water partition coefficient (Wildman–Crippen LogP) is 3.73. The van der Waals surface area contributed by atoms with Crippen LogP contribution in [-0.4, -0.2) is 62.5 Å². The molecule has 192 valence electrons. The summed E-state index contributed by atoms with van der Waals surface area (Å²) in [5.41, 5.74) is 4.23. The molecule has 0 bridgehead atoms. The van der Waals surface area contributed by atoms with Gasteiger partial charge in [-0.1, -0.05) is 6.92 Å². The molecule has 1 aliphatic carbocycles. The Hall–Kier alpha value is -2.16. The highest BCUT2D eigenvalue weighted by molar-refractivity contribution is 7.59. The topological polar surface area (TPSA) is 134 Å². The van der Waals surface area contributed by atoms with Crippen molar-refractivity contribution in [2.24, 2.45) is 5.92 Å². The lowest BCUT2D eigenvalue weighted by molar-refractivity contribution is -0.127. The number of hydrogen-bond acceptors (Lipinski definition) is 9. The highest BCUT2D eigenvalue weighted by Gasteiger charge is 2.27. The van der Waals surface area contributed by atoms with Gasteiger partial charge in [0, 0.05) is 30.8 Å². The van der Waals surface area contributed by atoms with Crippen LogP contribution in [0.3, 0.4) is 0 Å². The highest BCUT2D eigenvalue weighted by Crippen LogP contribution is 2.37. The molecule has 4 rings (SSSR count). The number of aryl methyl sites for hydroxylation is 2. The van der Waals surface area contributed by atoms with Crippen LogP contribution in [0.15, 0.2) is 22.7 Å². The molecule has 1 saturated carbocycles. The lowest BCUT2D eigenvalue weighted by Crippen LogP contribution is -2.22. The summed E-state index contributed by atoms with van der Waals surface area (Å²) in [5, 5.41) is 30.3. The van der Waals surface area contributed by atoms with E-state index in [2.05, 4.69) is 23.3 Å². The molecule has 0 spiro atoms. The molecule has 3 unspecified atom stereocenters. The maximum Gasteiger partial charge on any atom is 0.180 e. The number of aliphatic hydroxyl groups is 3. The first-order valence-electron chi connectivity index (χ1n) is 11.9. The molecular formula is C25H37N4O5P. The van der Waals surface area contributed by atoms with E-state index in [-0.39, 0.29) is 12.6 Å². The van der Waals surface area contributed by atoms with Gasteiger partial charge in [-0.2, -0.15) is 0 Å². The monoisotopic (exact) mass is 504 g/mol. The lowest BCUT2D eigenvalue weighted by Gasteiger charge is -2.19. The van der Waals surface area contributed by atoms with Crippen molar-refractivity contribution in [1.29, 1.82) is 0 Å². The molecule has 9 nitrogen and oxygen atoms in total. The Balaban J connectivity index is 0.000000623. The second-order valence-electron chi connectivity index (χ2n) is 9.39. The van der Waals surface area contributed by atoms with Crippen molar-refractivity contribution in [3.63, 3.8) is 0 Å². The number of anilines is 1. The number of fused-ring (bicyclic) bond motifs is 1. The number of aromatic nitrogens is 3. The van der Waals surface area contributed by atoms with Gasteiger partial charge in [0.15, 0.2) is 16.9 Å². The van der Waals surface area contributed by atoms with Gasteiger partial charge in [-0.05, 0) is 71.2 Å². The van der Waals surface area contributed by atoms with Crippen LogP contribution in [0.2, 0.25) is 0 Å². The van der Waals surface area contributed by atoms with Gasteiger partial charge in [-0.15, -0.1) is 0 Å². The maximum absolute atomic E-state index is 9.51. The first-order valence-corrected chi connectivity index (χ1v) is 13.6. The van der Waals surface area contributed by atoms with Crippen LogP contribution in [-0.2, 0) is 10.9 Å². The number of hydrogen-bond donors (Lipinski definition) is 4. The molecule has 1 aliphatic rings. The summed E-state index contributed by atoms with van der Waals surface area (Å²) in [7, 11) is 0.800. The average molecular weight is 505 g/mol. The van der Waals surface area contributed by atoms with E-state index in [0.29, 0.717) is 11.5 Å². The van der Waals surface area contributed by atoms with Crippen LogP contribution >= 0.6 is 8.15 Å². The molecule has 3 heterocycles. The lowest BCUT2D eigenvalue weighted by atomic mass is 10.1. The second kappa shape index (κ2) is 11.7. The first kappa shape index (κ1) is 27.4. The average Bonchev–Trinajstić information content (AvgIpc) is 3.42. The number of nitrogens with one attached hydrogen (secondary N) is 1. The van der Waals surface area contributed by atoms with E-state index in [1.807, 2.05) is 19.7 Å². The number of aliphatic hydroxyl groups excluding tert-OH is 1. The first-order chi connectivity index (χ1) is 16.5. The van der Waals surface area contributed by atoms with Crippen molar-refractivity contribution in [2.45, 2.75) is 65.2 Å². The largest absolute Gasteiger partial charge is 0.454 e. The Morgan fingerprint density at radius 1 is 1.23 bits per heavy atom. The summed E-state index contributed by atoms with van der Waals surface area (Å²) in [5.74, 6) is 0.358. The molecule has 0 amide bonds. The molecule has 3 atom stereocenters. The third-order valence-corrected chi connectivity index (χ3v) is 7.15. The Bertz CT molecular complexity index is 1120. The van der Waals surface area contributed by atoms with E-state index in [1.54, 1.807) is 13.3 Å².